The maximum Gasteiger partial charge on any atom is 0.404 e. The Morgan fingerprint density at radius 2 is 1.76 bits per heavy atom. The van der Waals surface area contributed by atoms with Gasteiger partial charge in [0.25, 0.3) is 5.69 Å². The Bertz CT molecular complexity index is 1050. The maximum atomic E-state index is 13.2. The average Bonchev–Trinajstić information content (AvgIpc) is 3.20. The van der Waals surface area contributed by atoms with Crippen molar-refractivity contribution in [3.8, 4) is 5.75 Å². The van der Waals surface area contributed by atoms with Gasteiger partial charge in [0.05, 0.1) is 4.92 Å². The van der Waals surface area contributed by atoms with Gasteiger partial charge >= 0.3 is 7.60 Å². The van der Waals surface area contributed by atoms with Crippen LogP contribution in [0.1, 0.15) is 11.3 Å². The highest BCUT2D eigenvalue weighted by molar-refractivity contribution is 7.81. The summed E-state index contributed by atoms with van der Waals surface area (Å²) in [6.45, 7) is 0. The van der Waals surface area contributed by atoms with Crippen molar-refractivity contribution in [2.45, 2.75) is 5.78 Å². The second kappa shape index (κ2) is 8.85. The van der Waals surface area contributed by atoms with E-state index in [0.29, 0.717) is 0 Å². The lowest BCUT2D eigenvalue weighted by molar-refractivity contribution is -0.384. The number of non-ortho nitro benzene ring substituents is 1. The van der Waals surface area contributed by atoms with E-state index in [2.05, 4.69) is 0 Å². The lowest BCUT2D eigenvalue weighted by Crippen LogP contribution is -2.31. The van der Waals surface area contributed by atoms with E-state index in [9.17, 15) is 28.3 Å². The molecule has 0 spiro atoms. The van der Waals surface area contributed by atoms with Crippen molar-refractivity contribution in [1.29, 1.82) is 0 Å². The molecule has 3 unspecified atom stereocenters. The largest absolute Gasteiger partial charge is 0.755 e. The van der Waals surface area contributed by atoms with E-state index in [1.165, 1.54) is 30.3 Å². The van der Waals surface area contributed by atoms with Gasteiger partial charge in [0.15, 0.2) is 5.78 Å². The minimum atomic E-state index is -4.67. The van der Waals surface area contributed by atoms with Gasteiger partial charge in [0.2, 0.25) is 0 Å². The first-order valence-corrected chi connectivity index (χ1v) is 11.6. The van der Waals surface area contributed by atoms with E-state index in [-0.39, 0.29) is 22.0 Å². The molecule has 9 nitrogen and oxygen atoms in total. The summed E-state index contributed by atoms with van der Waals surface area (Å²) in [6.07, 6.45) is 0. The third-order valence-electron chi connectivity index (χ3n) is 3.80. The highest BCUT2D eigenvalue weighted by atomic mass is 32.2. The summed E-state index contributed by atoms with van der Waals surface area (Å²) >= 11 is -1.81. The van der Waals surface area contributed by atoms with Crippen LogP contribution in [0.4, 0.5) is 10.7 Å². The van der Waals surface area contributed by atoms with Crippen LogP contribution in [0.2, 0.25) is 0 Å². The average molecular weight is 453 g/mol. The molecule has 3 rings (SSSR count). The van der Waals surface area contributed by atoms with Crippen molar-refractivity contribution in [2.75, 3.05) is 4.31 Å². The van der Waals surface area contributed by atoms with Gasteiger partial charge in [0.1, 0.15) is 10.8 Å². The number of anilines is 1. The number of hydrogen-bond donors (Lipinski definition) is 1. The first kappa shape index (κ1) is 21.2. The monoisotopic (exact) mass is 453 g/mol. The zero-order valence-corrected chi connectivity index (χ0v) is 17.1. The predicted molar refractivity (Wildman–Crippen MR) is 108 cm³/mol. The van der Waals surface area contributed by atoms with E-state index in [1.54, 1.807) is 29.6 Å². The topological polar surface area (TPSA) is 133 Å². The van der Waals surface area contributed by atoms with Crippen molar-refractivity contribution in [3.05, 3.63) is 87.8 Å². The summed E-state index contributed by atoms with van der Waals surface area (Å²) in [4.78, 5) is 20.9. The molecule has 3 atom stereocenters. The summed E-state index contributed by atoms with van der Waals surface area (Å²) in [7, 11) is -4.67. The number of nitro benzene ring substituents is 1. The summed E-state index contributed by atoms with van der Waals surface area (Å²) in [5.74, 6) is -1.67. The lowest BCUT2D eigenvalue weighted by atomic mass is 10.2. The Morgan fingerprint density at radius 1 is 1.10 bits per heavy atom. The summed E-state index contributed by atoms with van der Waals surface area (Å²) in [5, 5.41) is 12.6. The van der Waals surface area contributed by atoms with Crippen LogP contribution in [0, 0.1) is 10.1 Å². The van der Waals surface area contributed by atoms with Gasteiger partial charge in [-0.2, -0.15) is 0 Å². The van der Waals surface area contributed by atoms with Gasteiger partial charge in [0, 0.05) is 23.4 Å². The molecule has 0 fully saturated rings. The Kier molecular flexibility index (Phi) is 6.46. The van der Waals surface area contributed by atoms with Crippen molar-refractivity contribution in [2.24, 2.45) is 0 Å². The molecule has 1 heterocycles. The fourth-order valence-corrected chi connectivity index (χ4v) is 6.18. The molecule has 0 aliphatic rings. The zero-order valence-electron chi connectivity index (χ0n) is 14.6. The Labute approximate surface area is 172 Å². The number of nitro groups is 1. The van der Waals surface area contributed by atoms with Crippen LogP contribution >= 0.6 is 18.9 Å². The van der Waals surface area contributed by atoms with Crippen LogP contribution in [-0.4, -0.2) is 18.6 Å². The zero-order chi connectivity index (χ0) is 21.0. The van der Waals surface area contributed by atoms with Crippen LogP contribution in [0.3, 0.4) is 0 Å². The maximum absolute atomic E-state index is 13.2. The molecule has 0 radical (unpaired) electrons. The Morgan fingerprint density at radius 3 is 2.28 bits per heavy atom. The fraction of sp³-hybridized carbons (Fsp3) is 0.0588. The summed E-state index contributed by atoms with van der Waals surface area (Å²) in [5.41, 5.74) is 0.0310. The van der Waals surface area contributed by atoms with Crippen molar-refractivity contribution in [3.63, 3.8) is 0 Å². The second-order valence-corrected chi connectivity index (χ2v) is 9.24. The van der Waals surface area contributed by atoms with E-state index in [0.717, 1.165) is 27.8 Å². The van der Waals surface area contributed by atoms with Crippen LogP contribution in [-0.2, 0) is 15.8 Å². The molecule has 152 valence electrons. The second-order valence-electron chi connectivity index (χ2n) is 5.68. The van der Waals surface area contributed by atoms with Crippen LogP contribution < -0.4 is 8.83 Å². The molecular formula is C17H14N2O7PS2-. The van der Waals surface area contributed by atoms with Gasteiger partial charge in [-0.05, 0) is 35.2 Å². The molecule has 0 aliphatic heterocycles. The third kappa shape index (κ3) is 4.89. The quantitative estimate of drug-likeness (QED) is 0.234. The van der Waals surface area contributed by atoms with E-state index < -0.39 is 29.6 Å². The molecule has 12 heteroatoms. The fourth-order valence-electron chi connectivity index (χ4n) is 2.58. The predicted octanol–water partition coefficient (Wildman–Crippen LogP) is 4.22. The number of nitrogens with zero attached hydrogens (tertiary/aromatic N) is 2. The first-order chi connectivity index (χ1) is 13.8. The number of rotatable bonds is 8. The summed E-state index contributed by atoms with van der Waals surface area (Å²) in [6, 6.07) is 15.6. The Balaban J connectivity index is 2.03. The molecule has 29 heavy (non-hydrogen) atoms. The molecule has 3 aromatic rings. The molecular weight excluding hydrogens is 439 g/mol. The van der Waals surface area contributed by atoms with Crippen LogP contribution in [0.25, 0.3) is 0 Å². The molecule has 2 aromatic carbocycles. The smallest absolute Gasteiger partial charge is 0.404 e. The minimum absolute atomic E-state index is 0.106. The molecule has 0 amide bonds. The molecule has 1 N–H and O–H groups in total. The molecule has 0 saturated carbocycles. The number of thiophene rings is 1. The van der Waals surface area contributed by atoms with Gasteiger partial charge < -0.3 is 14.0 Å². The van der Waals surface area contributed by atoms with E-state index in [1.807, 2.05) is 0 Å². The van der Waals surface area contributed by atoms with Gasteiger partial charge in [-0.25, -0.2) is 4.57 Å². The molecule has 0 saturated heterocycles. The van der Waals surface area contributed by atoms with E-state index >= 15 is 0 Å². The van der Waals surface area contributed by atoms with E-state index in [4.69, 9.17) is 4.52 Å². The van der Waals surface area contributed by atoms with Crippen molar-refractivity contribution < 1.29 is 27.7 Å². The lowest BCUT2D eigenvalue weighted by Gasteiger charge is -2.35. The highest BCUT2D eigenvalue weighted by Crippen LogP contribution is 2.59. The number of hydrogen-bond acceptors (Lipinski definition) is 7. The third-order valence-corrected chi connectivity index (χ3v) is 7.28. The first-order valence-electron chi connectivity index (χ1n) is 8.03. The van der Waals surface area contributed by atoms with Gasteiger partial charge in [-0.15, -0.1) is 11.3 Å². The van der Waals surface area contributed by atoms with Crippen LogP contribution in [0.5, 0.6) is 5.75 Å². The highest BCUT2D eigenvalue weighted by Gasteiger charge is 2.41. The normalized spacial score (nSPS) is 15.1. The molecule has 1 aromatic heterocycles. The summed E-state index contributed by atoms with van der Waals surface area (Å²) < 4.78 is 43.3. The van der Waals surface area contributed by atoms with Gasteiger partial charge in [-0.1, -0.05) is 30.3 Å². The standard InChI is InChI=1S/C17H15N2O7PS2/c20-19(21)14-8-10-15(11-9-14)26-27(22,23)17(13-5-2-1-3-6-13)18(29(24)25)16-7-4-12-28-16/h1-12,17H,(H,22,23)(H,24,25)/p-1. The van der Waals surface area contributed by atoms with Crippen molar-refractivity contribution >= 4 is 40.9 Å². The molecule has 0 bridgehead atoms. The number of benzene rings is 2. The Hall–Kier alpha value is -2.56. The van der Waals surface area contributed by atoms with Crippen LogP contribution in [0.15, 0.2) is 72.1 Å². The minimum Gasteiger partial charge on any atom is -0.755 e. The van der Waals surface area contributed by atoms with Gasteiger partial charge in [-0.3, -0.25) is 18.6 Å². The molecule has 0 aliphatic carbocycles. The van der Waals surface area contributed by atoms with Crippen molar-refractivity contribution in [1.82, 2.24) is 0 Å². The SMILES string of the molecule is O=[N+]([O-])c1ccc(OP(=O)(O)C(c2ccccc2)N(c2cccs2)S(=O)[O-])cc1.